The Morgan fingerprint density at radius 3 is 2.14 bits per heavy atom. The van der Waals surface area contributed by atoms with Crippen LogP contribution < -0.4 is 4.74 Å². The number of nitrogens with zero attached hydrogens (tertiary/aromatic N) is 2. The SMILES string of the molecule is Cc1cc(C)nc(Sc2ccc(OCCC(C)(C)C)cc2)n1. The fourth-order valence-corrected chi connectivity index (χ4v) is 2.79. The molecule has 0 radical (unpaired) electrons. The maximum Gasteiger partial charge on any atom is 0.192 e. The average Bonchev–Trinajstić information content (AvgIpc) is 2.38. The molecule has 4 heteroatoms. The van der Waals surface area contributed by atoms with Crippen LogP contribution in [0.3, 0.4) is 0 Å². The molecule has 0 atom stereocenters. The van der Waals surface area contributed by atoms with Gasteiger partial charge in [-0.15, -0.1) is 0 Å². The Bertz CT molecular complexity index is 598. The Hall–Kier alpha value is -1.55. The first-order valence-electron chi connectivity index (χ1n) is 7.55. The molecule has 0 fully saturated rings. The van der Waals surface area contributed by atoms with Gasteiger partial charge in [0.1, 0.15) is 5.75 Å². The molecule has 0 bridgehead atoms. The van der Waals surface area contributed by atoms with E-state index in [1.54, 1.807) is 11.8 Å². The number of aryl methyl sites for hydroxylation is 2. The van der Waals surface area contributed by atoms with Crippen LogP contribution >= 0.6 is 11.8 Å². The fourth-order valence-electron chi connectivity index (χ4n) is 1.92. The van der Waals surface area contributed by atoms with Crippen molar-refractivity contribution in [1.29, 1.82) is 0 Å². The summed E-state index contributed by atoms with van der Waals surface area (Å²) in [6.45, 7) is 11.4. The highest BCUT2D eigenvalue weighted by molar-refractivity contribution is 7.99. The van der Waals surface area contributed by atoms with Crippen molar-refractivity contribution in [2.75, 3.05) is 6.61 Å². The van der Waals surface area contributed by atoms with Crippen molar-refractivity contribution >= 4 is 11.8 Å². The third kappa shape index (κ3) is 5.68. The molecule has 0 amide bonds. The van der Waals surface area contributed by atoms with Gasteiger partial charge in [0.15, 0.2) is 5.16 Å². The first-order valence-corrected chi connectivity index (χ1v) is 8.36. The van der Waals surface area contributed by atoms with Crippen molar-refractivity contribution in [2.45, 2.75) is 51.1 Å². The van der Waals surface area contributed by atoms with E-state index in [1.165, 1.54) is 0 Å². The van der Waals surface area contributed by atoms with E-state index in [4.69, 9.17) is 4.74 Å². The first kappa shape index (κ1) is 16.8. The predicted molar refractivity (Wildman–Crippen MR) is 91.6 cm³/mol. The number of hydrogen-bond donors (Lipinski definition) is 0. The molecule has 1 heterocycles. The molecule has 2 rings (SSSR count). The summed E-state index contributed by atoms with van der Waals surface area (Å²) in [7, 11) is 0. The summed E-state index contributed by atoms with van der Waals surface area (Å²) in [4.78, 5) is 10.0. The molecule has 3 nitrogen and oxygen atoms in total. The van der Waals surface area contributed by atoms with Crippen LogP contribution in [0.5, 0.6) is 5.75 Å². The maximum atomic E-state index is 5.78. The molecule has 118 valence electrons. The van der Waals surface area contributed by atoms with E-state index in [-0.39, 0.29) is 0 Å². The topological polar surface area (TPSA) is 35.0 Å². The van der Waals surface area contributed by atoms with Crippen LogP contribution in [0.2, 0.25) is 0 Å². The summed E-state index contributed by atoms with van der Waals surface area (Å²) in [6, 6.07) is 10.1. The molecule has 0 aliphatic rings. The first-order chi connectivity index (χ1) is 10.3. The van der Waals surface area contributed by atoms with Gasteiger partial charge in [0.25, 0.3) is 0 Å². The molecule has 1 aromatic carbocycles. The van der Waals surface area contributed by atoms with E-state index < -0.39 is 0 Å². The van der Waals surface area contributed by atoms with Crippen LogP contribution in [-0.2, 0) is 0 Å². The summed E-state index contributed by atoms with van der Waals surface area (Å²) >= 11 is 1.57. The summed E-state index contributed by atoms with van der Waals surface area (Å²) in [6.07, 6.45) is 1.04. The highest BCUT2D eigenvalue weighted by Gasteiger charge is 2.10. The highest BCUT2D eigenvalue weighted by Crippen LogP contribution is 2.27. The number of rotatable bonds is 5. The Labute approximate surface area is 137 Å². The Morgan fingerprint density at radius 2 is 1.59 bits per heavy atom. The molecule has 1 aromatic heterocycles. The fraction of sp³-hybridized carbons (Fsp3) is 0.444. The van der Waals surface area contributed by atoms with E-state index in [2.05, 4.69) is 42.9 Å². The minimum atomic E-state index is 0.302. The van der Waals surface area contributed by atoms with Gasteiger partial charge >= 0.3 is 0 Å². The molecular formula is C18H24N2OS. The Kier molecular flexibility index (Phi) is 5.46. The summed E-state index contributed by atoms with van der Waals surface area (Å²) in [5.74, 6) is 0.912. The van der Waals surface area contributed by atoms with Gasteiger partial charge in [-0.25, -0.2) is 9.97 Å². The lowest BCUT2D eigenvalue weighted by Crippen LogP contribution is -2.10. The summed E-state index contributed by atoms with van der Waals surface area (Å²) in [5.41, 5.74) is 2.30. The van der Waals surface area contributed by atoms with Gasteiger partial charge in [0.05, 0.1) is 6.61 Å². The van der Waals surface area contributed by atoms with Crippen molar-refractivity contribution in [2.24, 2.45) is 5.41 Å². The smallest absolute Gasteiger partial charge is 0.192 e. The van der Waals surface area contributed by atoms with Crippen LogP contribution in [-0.4, -0.2) is 16.6 Å². The predicted octanol–water partition coefficient (Wildman–Crippen LogP) is 5.06. The number of benzene rings is 1. The molecule has 0 aliphatic carbocycles. The van der Waals surface area contributed by atoms with E-state index >= 15 is 0 Å². The van der Waals surface area contributed by atoms with Crippen molar-refractivity contribution in [3.05, 3.63) is 41.7 Å². The van der Waals surface area contributed by atoms with Crippen LogP contribution in [0, 0.1) is 19.3 Å². The van der Waals surface area contributed by atoms with Crippen molar-refractivity contribution in [3.63, 3.8) is 0 Å². The van der Waals surface area contributed by atoms with Gasteiger partial charge in [0.2, 0.25) is 0 Å². The lowest BCUT2D eigenvalue weighted by atomic mass is 9.93. The number of ether oxygens (including phenoxy) is 1. The normalized spacial score (nSPS) is 11.5. The molecule has 0 saturated carbocycles. The zero-order valence-corrected chi connectivity index (χ0v) is 14.8. The molecule has 0 spiro atoms. The van der Waals surface area contributed by atoms with Gasteiger partial charge < -0.3 is 4.74 Å². The maximum absolute atomic E-state index is 5.78. The Balaban J connectivity index is 1.94. The van der Waals surface area contributed by atoms with Crippen LogP contribution in [0.15, 0.2) is 40.4 Å². The van der Waals surface area contributed by atoms with E-state index in [1.807, 2.05) is 32.0 Å². The van der Waals surface area contributed by atoms with Gasteiger partial charge in [-0.1, -0.05) is 20.8 Å². The number of hydrogen-bond acceptors (Lipinski definition) is 4. The van der Waals surface area contributed by atoms with Crippen LogP contribution in [0.25, 0.3) is 0 Å². The lowest BCUT2D eigenvalue weighted by Gasteiger charge is -2.18. The zero-order chi connectivity index (χ0) is 16.2. The minimum Gasteiger partial charge on any atom is -0.494 e. The number of aromatic nitrogens is 2. The molecule has 0 N–H and O–H groups in total. The standard InChI is InChI=1S/C18H24N2OS/c1-13-12-14(2)20-17(19-13)22-16-8-6-15(7-9-16)21-11-10-18(3,4)5/h6-9,12H,10-11H2,1-5H3. The second-order valence-electron chi connectivity index (χ2n) is 6.67. The average molecular weight is 316 g/mol. The monoisotopic (exact) mass is 316 g/mol. The molecule has 0 saturated heterocycles. The van der Waals surface area contributed by atoms with Crippen molar-refractivity contribution in [3.8, 4) is 5.75 Å². The zero-order valence-electron chi connectivity index (χ0n) is 14.0. The van der Waals surface area contributed by atoms with E-state index in [9.17, 15) is 0 Å². The minimum absolute atomic E-state index is 0.302. The molecule has 0 aliphatic heterocycles. The molecule has 0 unspecified atom stereocenters. The molecule has 2 aromatic rings. The lowest BCUT2D eigenvalue weighted by molar-refractivity contribution is 0.243. The summed E-state index contributed by atoms with van der Waals surface area (Å²) in [5, 5.41) is 0.791. The van der Waals surface area contributed by atoms with Crippen molar-refractivity contribution < 1.29 is 4.74 Å². The second-order valence-corrected chi connectivity index (χ2v) is 7.71. The molecule has 22 heavy (non-hydrogen) atoms. The van der Waals surface area contributed by atoms with Gasteiger partial charge in [-0.3, -0.25) is 0 Å². The van der Waals surface area contributed by atoms with Gasteiger partial charge in [-0.2, -0.15) is 0 Å². The largest absolute Gasteiger partial charge is 0.494 e. The van der Waals surface area contributed by atoms with Crippen LogP contribution in [0.4, 0.5) is 0 Å². The van der Waals surface area contributed by atoms with Crippen molar-refractivity contribution in [1.82, 2.24) is 9.97 Å². The quantitative estimate of drug-likeness (QED) is 0.722. The third-order valence-electron chi connectivity index (χ3n) is 3.12. The van der Waals surface area contributed by atoms with Gasteiger partial charge in [0, 0.05) is 16.3 Å². The highest BCUT2D eigenvalue weighted by atomic mass is 32.2. The van der Waals surface area contributed by atoms with Crippen LogP contribution in [0.1, 0.15) is 38.6 Å². The third-order valence-corrected chi connectivity index (χ3v) is 3.99. The second kappa shape index (κ2) is 7.14. The van der Waals surface area contributed by atoms with E-state index in [0.717, 1.165) is 40.2 Å². The van der Waals surface area contributed by atoms with E-state index in [0.29, 0.717) is 5.41 Å². The van der Waals surface area contributed by atoms with Gasteiger partial charge in [-0.05, 0) is 67.8 Å². The molecular weight excluding hydrogens is 292 g/mol. The Morgan fingerprint density at radius 1 is 1.00 bits per heavy atom. The summed E-state index contributed by atoms with van der Waals surface area (Å²) < 4.78 is 5.78.